The molecule has 1 aromatic carbocycles. The summed E-state index contributed by atoms with van der Waals surface area (Å²) in [5.41, 5.74) is 7.51. The number of nitrogens with two attached hydrogens (primary N) is 1. The van der Waals surface area contributed by atoms with Crippen molar-refractivity contribution in [2.75, 3.05) is 32.4 Å². The van der Waals surface area contributed by atoms with E-state index >= 15 is 0 Å². The number of hydrogen-bond acceptors (Lipinski definition) is 3. The fraction of sp³-hybridized carbons (Fsp3) is 0.417. The van der Waals surface area contributed by atoms with Crippen LogP contribution in [-0.4, -0.2) is 42.4 Å². The maximum atomic E-state index is 11.7. The molecule has 0 unspecified atom stereocenters. The van der Waals surface area contributed by atoms with Crippen LogP contribution in [0, 0.1) is 0 Å². The molecule has 1 fully saturated rings. The van der Waals surface area contributed by atoms with Crippen LogP contribution in [0.15, 0.2) is 24.3 Å². The molecule has 0 bridgehead atoms. The molecule has 1 aromatic rings. The van der Waals surface area contributed by atoms with Crippen molar-refractivity contribution >= 4 is 11.6 Å². The number of nitrogen functional groups attached to an aromatic ring is 1. The van der Waals surface area contributed by atoms with Gasteiger partial charge in [0.05, 0.1) is 6.54 Å². The second-order valence-electron chi connectivity index (χ2n) is 4.29. The molecule has 2 rings (SSSR count). The molecule has 0 spiro atoms. The fourth-order valence-electron chi connectivity index (χ4n) is 1.84. The van der Waals surface area contributed by atoms with Gasteiger partial charge in [-0.25, -0.2) is 0 Å². The van der Waals surface area contributed by atoms with Crippen LogP contribution in [0.4, 0.5) is 5.69 Å². The van der Waals surface area contributed by atoms with Gasteiger partial charge in [-0.15, -0.1) is 0 Å². The quantitative estimate of drug-likeness (QED) is 0.739. The van der Waals surface area contributed by atoms with Crippen molar-refractivity contribution in [2.24, 2.45) is 0 Å². The highest BCUT2D eigenvalue weighted by atomic mass is 16.2. The summed E-state index contributed by atoms with van der Waals surface area (Å²) < 4.78 is 0. The summed E-state index contributed by atoms with van der Waals surface area (Å²) in [4.78, 5) is 15.7. The normalized spacial score (nSPS) is 17.8. The number of likely N-dealkylation sites (N-methyl/N-ethyl adjacent to an activating group) is 1. The molecule has 0 radical (unpaired) electrons. The Hall–Kier alpha value is -1.55. The first-order valence-electron chi connectivity index (χ1n) is 5.46. The molecule has 16 heavy (non-hydrogen) atoms. The van der Waals surface area contributed by atoms with E-state index in [-0.39, 0.29) is 5.91 Å². The summed E-state index contributed by atoms with van der Waals surface area (Å²) in [5.74, 6) is 0.200. The summed E-state index contributed by atoms with van der Waals surface area (Å²) in [6.45, 7) is 2.96. The van der Waals surface area contributed by atoms with Crippen LogP contribution in [-0.2, 0) is 11.3 Å². The number of carbonyl (C=O) groups is 1. The Morgan fingerprint density at radius 2 is 1.94 bits per heavy atom. The number of amides is 1. The first kappa shape index (κ1) is 11.0. The van der Waals surface area contributed by atoms with Gasteiger partial charge in [-0.2, -0.15) is 0 Å². The maximum absolute atomic E-state index is 11.7. The topological polar surface area (TPSA) is 49.6 Å². The van der Waals surface area contributed by atoms with Gasteiger partial charge in [0, 0.05) is 25.3 Å². The van der Waals surface area contributed by atoms with Crippen LogP contribution >= 0.6 is 0 Å². The average molecular weight is 219 g/mol. The Morgan fingerprint density at radius 3 is 2.56 bits per heavy atom. The lowest BCUT2D eigenvalue weighted by molar-refractivity contribution is -0.136. The number of hydrogen-bond donors (Lipinski definition) is 1. The van der Waals surface area contributed by atoms with Crippen LogP contribution in [0.3, 0.4) is 0 Å². The lowest BCUT2D eigenvalue weighted by Gasteiger charge is -2.32. The SMILES string of the molecule is CN1CCN(Cc2ccc(N)cc2)C(=O)C1. The smallest absolute Gasteiger partial charge is 0.237 e. The third-order valence-corrected chi connectivity index (χ3v) is 2.86. The van der Waals surface area contributed by atoms with Crippen molar-refractivity contribution in [2.45, 2.75) is 6.54 Å². The van der Waals surface area contributed by atoms with E-state index in [0.717, 1.165) is 24.3 Å². The molecule has 1 heterocycles. The average Bonchev–Trinajstić information content (AvgIpc) is 2.25. The summed E-state index contributed by atoms with van der Waals surface area (Å²) in [7, 11) is 1.97. The minimum atomic E-state index is 0.200. The molecule has 1 aliphatic heterocycles. The number of anilines is 1. The standard InChI is InChI=1S/C12H17N3O/c1-14-6-7-15(12(16)9-14)8-10-2-4-11(13)5-3-10/h2-5H,6-9,13H2,1H3. The molecule has 0 saturated carbocycles. The second kappa shape index (κ2) is 4.53. The molecule has 4 nitrogen and oxygen atoms in total. The summed E-state index contributed by atoms with van der Waals surface area (Å²) >= 11 is 0. The Kier molecular flexibility index (Phi) is 3.10. The van der Waals surface area contributed by atoms with Crippen molar-refractivity contribution < 1.29 is 4.79 Å². The predicted octanol–water partition coefficient (Wildman–Crippen LogP) is 0.543. The van der Waals surface area contributed by atoms with Gasteiger partial charge < -0.3 is 10.6 Å². The van der Waals surface area contributed by atoms with Crippen molar-refractivity contribution in [3.05, 3.63) is 29.8 Å². The lowest BCUT2D eigenvalue weighted by Crippen LogP contribution is -2.48. The van der Waals surface area contributed by atoms with Crippen molar-refractivity contribution in [3.8, 4) is 0 Å². The van der Waals surface area contributed by atoms with Gasteiger partial charge in [-0.1, -0.05) is 12.1 Å². The van der Waals surface area contributed by atoms with E-state index in [4.69, 9.17) is 5.73 Å². The molecule has 0 atom stereocenters. The molecular formula is C12H17N3O. The first-order valence-corrected chi connectivity index (χ1v) is 5.46. The van der Waals surface area contributed by atoms with Crippen molar-refractivity contribution in [1.82, 2.24) is 9.80 Å². The molecule has 0 aromatic heterocycles. The zero-order valence-electron chi connectivity index (χ0n) is 9.52. The van der Waals surface area contributed by atoms with Crippen LogP contribution < -0.4 is 5.73 Å². The maximum Gasteiger partial charge on any atom is 0.237 e. The van der Waals surface area contributed by atoms with Gasteiger partial charge in [0.25, 0.3) is 0 Å². The third-order valence-electron chi connectivity index (χ3n) is 2.86. The highest BCUT2D eigenvalue weighted by Gasteiger charge is 2.21. The monoisotopic (exact) mass is 219 g/mol. The Balaban J connectivity index is 1.99. The Morgan fingerprint density at radius 1 is 1.25 bits per heavy atom. The molecular weight excluding hydrogens is 202 g/mol. The molecule has 2 N–H and O–H groups in total. The van der Waals surface area contributed by atoms with Crippen LogP contribution in [0.2, 0.25) is 0 Å². The molecule has 1 amide bonds. The van der Waals surface area contributed by atoms with E-state index in [9.17, 15) is 4.79 Å². The van der Waals surface area contributed by atoms with Gasteiger partial charge in [0.15, 0.2) is 0 Å². The molecule has 0 aliphatic carbocycles. The summed E-state index contributed by atoms with van der Waals surface area (Å²) in [5, 5.41) is 0. The third kappa shape index (κ3) is 2.52. The van der Waals surface area contributed by atoms with E-state index in [0.29, 0.717) is 13.1 Å². The summed E-state index contributed by atoms with van der Waals surface area (Å²) in [6, 6.07) is 7.69. The van der Waals surface area contributed by atoms with Gasteiger partial charge in [0.1, 0.15) is 0 Å². The van der Waals surface area contributed by atoms with E-state index in [2.05, 4.69) is 0 Å². The number of rotatable bonds is 2. The minimum absolute atomic E-state index is 0.200. The van der Waals surface area contributed by atoms with E-state index in [1.54, 1.807) is 0 Å². The summed E-state index contributed by atoms with van der Waals surface area (Å²) in [6.07, 6.45) is 0. The predicted molar refractivity (Wildman–Crippen MR) is 63.8 cm³/mol. The van der Waals surface area contributed by atoms with E-state index < -0.39 is 0 Å². The largest absolute Gasteiger partial charge is 0.399 e. The van der Waals surface area contributed by atoms with Gasteiger partial charge in [-0.05, 0) is 24.7 Å². The van der Waals surface area contributed by atoms with Gasteiger partial charge >= 0.3 is 0 Å². The number of carbonyl (C=O) groups excluding carboxylic acids is 1. The van der Waals surface area contributed by atoms with Crippen molar-refractivity contribution in [3.63, 3.8) is 0 Å². The minimum Gasteiger partial charge on any atom is -0.399 e. The van der Waals surface area contributed by atoms with Crippen LogP contribution in [0.1, 0.15) is 5.56 Å². The van der Waals surface area contributed by atoms with Crippen LogP contribution in [0.5, 0.6) is 0 Å². The zero-order valence-corrected chi connectivity index (χ0v) is 9.52. The first-order chi connectivity index (χ1) is 7.65. The van der Waals surface area contributed by atoms with Crippen LogP contribution in [0.25, 0.3) is 0 Å². The number of piperazine rings is 1. The lowest BCUT2D eigenvalue weighted by atomic mass is 10.2. The molecule has 4 heteroatoms. The number of benzene rings is 1. The Labute approximate surface area is 95.6 Å². The van der Waals surface area contributed by atoms with Gasteiger partial charge in [0.2, 0.25) is 5.91 Å². The van der Waals surface area contributed by atoms with E-state index in [1.165, 1.54) is 0 Å². The molecule has 86 valence electrons. The van der Waals surface area contributed by atoms with Crippen molar-refractivity contribution in [1.29, 1.82) is 0 Å². The van der Waals surface area contributed by atoms with E-state index in [1.807, 2.05) is 41.1 Å². The number of nitrogens with zero attached hydrogens (tertiary/aromatic N) is 2. The molecule has 1 aliphatic rings. The highest BCUT2D eigenvalue weighted by Crippen LogP contribution is 2.10. The second-order valence-corrected chi connectivity index (χ2v) is 4.29. The molecule has 1 saturated heterocycles. The van der Waals surface area contributed by atoms with Gasteiger partial charge in [-0.3, -0.25) is 9.69 Å². The fourth-order valence-corrected chi connectivity index (χ4v) is 1.84. The Bertz CT molecular complexity index is 374. The zero-order chi connectivity index (χ0) is 11.5. The highest BCUT2D eigenvalue weighted by molar-refractivity contribution is 5.79.